The van der Waals surface area contributed by atoms with Crippen LogP contribution in [0.1, 0.15) is 53.9 Å². The van der Waals surface area contributed by atoms with Crippen LogP contribution in [0.15, 0.2) is 0 Å². The zero-order valence-electron chi connectivity index (χ0n) is 17.5. The standard InChI is InChI=1S/C20H29NO8/c1-11-8-19(4,28-10-22)7-6-14(23)12(2)17(25)27-9-20(5)16(13(3)15(11)24)21-18(26)29-20/h10-13,16H,6-9H2,1-5H3,(H,21,26)/t11-,12?,13?,16?,19+,20-/m1/s1. The number of carbonyl (C=O) groups excluding carboxylic acids is 5. The Morgan fingerprint density at radius 3 is 2.41 bits per heavy atom. The lowest BCUT2D eigenvalue weighted by Gasteiger charge is -2.35. The van der Waals surface area contributed by atoms with Crippen LogP contribution in [0.4, 0.5) is 4.79 Å². The summed E-state index contributed by atoms with van der Waals surface area (Å²) in [5.41, 5.74) is -2.30. The predicted octanol–water partition coefficient (Wildman–Crippen LogP) is 1.56. The van der Waals surface area contributed by atoms with Gasteiger partial charge in [0.1, 0.15) is 29.7 Å². The van der Waals surface area contributed by atoms with Crippen molar-refractivity contribution in [2.45, 2.75) is 71.1 Å². The number of Topliss-reactive ketones (excluding diaryl/α,β-unsaturated/α-hetero) is 2. The molecule has 0 saturated carbocycles. The molecule has 0 radical (unpaired) electrons. The molecule has 9 nitrogen and oxygen atoms in total. The van der Waals surface area contributed by atoms with Crippen LogP contribution in [0, 0.1) is 17.8 Å². The van der Waals surface area contributed by atoms with Crippen molar-refractivity contribution in [2.75, 3.05) is 6.61 Å². The highest BCUT2D eigenvalue weighted by Gasteiger charge is 2.51. The molecule has 0 spiro atoms. The largest absolute Gasteiger partial charge is 0.462 e. The molecule has 1 amide bonds. The van der Waals surface area contributed by atoms with Crippen LogP contribution in [-0.4, -0.2) is 54.0 Å². The molecule has 2 fully saturated rings. The summed E-state index contributed by atoms with van der Waals surface area (Å²) in [6, 6.07) is -0.718. The molecule has 3 unspecified atom stereocenters. The third kappa shape index (κ3) is 4.94. The van der Waals surface area contributed by atoms with E-state index in [2.05, 4.69) is 5.32 Å². The van der Waals surface area contributed by atoms with Gasteiger partial charge in [0.25, 0.3) is 6.47 Å². The summed E-state index contributed by atoms with van der Waals surface area (Å²) in [6.07, 6.45) is -0.328. The van der Waals surface area contributed by atoms with Crippen LogP contribution < -0.4 is 5.32 Å². The molecule has 2 aliphatic heterocycles. The number of hydrogen-bond donors (Lipinski definition) is 1. The molecule has 162 valence electrons. The number of carbonyl (C=O) groups is 5. The molecule has 2 aliphatic rings. The van der Waals surface area contributed by atoms with Gasteiger partial charge in [0.2, 0.25) is 0 Å². The van der Waals surface area contributed by atoms with Gasteiger partial charge < -0.3 is 19.5 Å². The maximum atomic E-state index is 13.1. The van der Waals surface area contributed by atoms with Gasteiger partial charge in [0.05, 0.1) is 6.04 Å². The van der Waals surface area contributed by atoms with Crippen molar-refractivity contribution in [2.24, 2.45) is 17.8 Å². The van der Waals surface area contributed by atoms with Crippen LogP contribution in [-0.2, 0) is 33.4 Å². The van der Waals surface area contributed by atoms with Crippen LogP contribution in [0.25, 0.3) is 0 Å². The first-order chi connectivity index (χ1) is 13.4. The lowest BCUT2D eigenvalue weighted by atomic mass is 9.78. The van der Waals surface area contributed by atoms with Crippen molar-refractivity contribution in [3.63, 3.8) is 0 Å². The Morgan fingerprint density at radius 2 is 1.79 bits per heavy atom. The molecule has 0 aromatic rings. The van der Waals surface area contributed by atoms with Crippen LogP contribution >= 0.6 is 0 Å². The van der Waals surface area contributed by atoms with Gasteiger partial charge in [-0.15, -0.1) is 0 Å². The third-order valence-corrected chi connectivity index (χ3v) is 6.00. The summed E-state index contributed by atoms with van der Waals surface area (Å²) >= 11 is 0. The fourth-order valence-corrected chi connectivity index (χ4v) is 4.12. The summed E-state index contributed by atoms with van der Waals surface area (Å²) in [6.45, 7) is 8.10. The highest BCUT2D eigenvalue weighted by Crippen LogP contribution is 2.33. The van der Waals surface area contributed by atoms with E-state index in [4.69, 9.17) is 14.2 Å². The van der Waals surface area contributed by atoms with E-state index in [9.17, 15) is 24.0 Å². The van der Waals surface area contributed by atoms with Crippen molar-refractivity contribution in [1.82, 2.24) is 5.32 Å². The maximum absolute atomic E-state index is 13.1. The molecule has 0 bridgehead atoms. The van der Waals surface area contributed by atoms with Gasteiger partial charge in [-0.25, -0.2) is 4.79 Å². The Hall–Kier alpha value is -2.45. The Labute approximate surface area is 169 Å². The molecule has 0 aromatic carbocycles. The molecule has 2 heterocycles. The highest BCUT2D eigenvalue weighted by atomic mass is 16.6. The monoisotopic (exact) mass is 411 g/mol. The summed E-state index contributed by atoms with van der Waals surface area (Å²) in [5.74, 6) is -3.40. The zero-order valence-corrected chi connectivity index (χ0v) is 17.5. The van der Waals surface area contributed by atoms with Gasteiger partial charge in [0, 0.05) is 18.3 Å². The van der Waals surface area contributed by atoms with Crippen molar-refractivity contribution in [3.8, 4) is 0 Å². The number of amides is 1. The average molecular weight is 411 g/mol. The minimum Gasteiger partial charge on any atom is -0.462 e. The quantitative estimate of drug-likeness (QED) is 0.314. The zero-order chi connectivity index (χ0) is 22.0. The smallest absolute Gasteiger partial charge is 0.408 e. The number of fused-ring (bicyclic) bond motifs is 1. The van der Waals surface area contributed by atoms with Crippen molar-refractivity contribution < 1.29 is 38.2 Å². The maximum Gasteiger partial charge on any atom is 0.408 e. The molecule has 29 heavy (non-hydrogen) atoms. The molecule has 0 aliphatic carbocycles. The molecular weight excluding hydrogens is 382 g/mol. The summed E-state index contributed by atoms with van der Waals surface area (Å²) in [5, 5.41) is 2.63. The number of ether oxygens (including phenoxy) is 3. The normalized spacial score (nSPS) is 39.5. The van der Waals surface area contributed by atoms with Crippen LogP contribution in [0.3, 0.4) is 0 Å². The summed E-state index contributed by atoms with van der Waals surface area (Å²) in [4.78, 5) is 60.7. The lowest BCUT2D eigenvalue weighted by molar-refractivity contribution is -0.159. The Balaban J connectivity index is 2.38. The van der Waals surface area contributed by atoms with Crippen molar-refractivity contribution in [3.05, 3.63) is 0 Å². The molecule has 2 saturated heterocycles. The first-order valence-corrected chi connectivity index (χ1v) is 9.76. The summed E-state index contributed by atoms with van der Waals surface area (Å²) in [7, 11) is 0. The van der Waals surface area contributed by atoms with Crippen molar-refractivity contribution in [1.29, 1.82) is 0 Å². The molecule has 6 atom stereocenters. The lowest BCUT2D eigenvalue weighted by Crippen LogP contribution is -2.52. The number of cyclic esters (lactones) is 1. The Kier molecular flexibility index (Phi) is 6.70. The Morgan fingerprint density at radius 1 is 1.14 bits per heavy atom. The fourth-order valence-electron chi connectivity index (χ4n) is 4.12. The van der Waals surface area contributed by atoms with Gasteiger partial charge in [0.15, 0.2) is 5.60 Å². The second-order valence-electron chi connectivity index (χ2n) is 8.58. The fraction of sp³-hybridized carbons (Fsp3) is 0.750. The number of hydrogen-bond acceptors (Lipinski definition) is 8. The van der Waals surface area contributed by atoms with Crippen LogP contribution in [0.5, 0.6) is 0 Å². The summed E-state index contributed by atoms with van der Waals surface area (Å²) < 4.78 is 15.8. The number of rotatable bonds is 2. The van der Waals surface area contributed by atoms with E-state index in [1.54, 1.807) is 27.7 Å². The third-order valence-electron chi connectivity index (χ3n) is 6.00. The second-order valence-corrected chi connectivity index (χ2v) is 8.58. The molecule has 1 N–H and O–H groups in total. The van der Waals surface area contributed by atoms with E-state index >= 15 is 0 Å². The van der Waals surface area contributed by atoms with Gasteiger partial charge in [-0.2, -0.15) is 0 Å². The Bertz CT molecular complexity index is 707. The predicted molar refractivity (Wildman–Crippen MR) is 99.7 cm³/mol. The topological polar surface area (TPSA) is 125 Å². The molecular formula is C20H29NO8. The highest BCUT2D eigenvalue weighted by molar-refractivity contribution is 5.98. The van der Waals surface area contributed by atoms with E-state index in [1.807, 2.05) is 0 Å². The number of ketones is 2. The van der Waals surface area contributed by atoms with Gasteiger partial charge >= 0.3 is 12.1 Å². The first-order valence-electron chi connectivity index (χ1n) is 9.76. The molecule has 9 heteroatoms. The second kappa shape index (κ2) is 8.51. The van der Waals surface area contributed by atoms with E-state index in [0.29, 0.717) is 6.47 Å². The average Bonchev–Trinajstić information content (AvgIpc) is 2.96. The molecule has 2 rings (SSSR count). The van der Waals surface area contributed by atoms with E-state index in [1.165, 1.54) is 6.92 Å². The number of nitrogens with one attached hydrogen (secondary N) is 1. The first kappa shape index (κ1) is 22.8. The van der Waals surface area contributed by atoms with Gasteiger partial charge in [-0.05, 0) is 33.6 Å². The molecule has 0 aromatic heterocycles. The van der Waals surface area contributed by atoms with E-state index < -0.39 is 47.1 Å². The van der Waals surface area contributed by atoms with Gasteiger partial charge in [-0.1, -0.05) is 13.8 Å². The van der Waals surface area contributed by atoms with E-state index in [-0.39, 0.29) is 37.4 Å². The van der Waals surface area contributed by atoms with E-state index in [0.717, 1.165) is 0 Å². The number of esters is 1. The van der Waals surface area contributed by atoms with Crippen LogP contribution in [0.2, 0.25) is 0 Å². The minimum absolute atomic E-state index is 0.00644. The number of alkyl carbamates (subject to hydrolysis) is 1. The van der Waals surface area contributed by atoms with Crippen molar-refractivity contribution >= 4 is 30.1 Å². The SMILES string of the molecule is CC1C(=O)CC[C@](C)(OC=O)C[C@@H](C)C(=O)C(C)C2NC(=O)O[C@]2(C)COC1=O. The van der Waals surface area contributed by atoms with Gasteiger partial charge in [-0.3, -0.25) is 19.2 Å². The minimum atomic E-state index is -1.25.